The lowest BCUT2D eigenvalue weighted by Crippen LogP contribution is -2.35. The van der Waals surface area contributed by atoms with E-state index in [4.69, 9.17) is 16.3 Å². The molecule has 1 atom stereocenters. The molecular formula is C18H19ClN2O3. The van der Waals surface area contributed by atoms with E-state index >= 15 is 0 Å². The standard InChI is InChI=1S/C18H19ClN2O3/c19-15-5-6-17(24-12-13-3-1-7-20-10-13)14(9-15)11-21-8-2-4-16(21)18(22)23/h1,3,5-7,9-10,16H,2,4,8,11-12H2,(H,22,23)/t16-/m0/s1. The maximum Gasteiger partial charge on any atom is 0.320 e. The molecular weight excluding hydrogens is 328 g/mol. The molecule has 1 aliphatic rings. The Morgan fingerprint density at radius 1 is 1.42 bits per heavy atom. The molecule has 3 rings (SSSR count). The molecule has 2 heterocycles. The molecule has 0 radical (unpaired) electrons. The number of nitrogens with zero attached hydrogens (tertiary/aromatic N) is 2. The Kier molecular flexibility index (Phi) is 5.33. The molecule has 0 unspecified atom stereocenters. The van der Waals surface area contributed by atoms with E-state index in [0.717, 1.165) is 29.8 Å². The summed E-state index contributed by atoms with van der Waals surface area (Å²) in [6.45, 7) is 1.69. The number of aromatic nitrogens is 1. The van der Waals surface area contributed by atoms with Crippen molar-refractivity contribution in [3.8, 4) is 5.75 Å². The van der Waals surface area contributed by atoms with E-state index in [9.17, 15) is 9.90 Å². The first-order valence-electron chi connectivity index (χ1n) is 7.90. The van der Waals surface area contributed by atoms with Gasteiger partial charge < -0.3 is 9.84 Å². The van der Waals surface area contributed by atoms with Crippen LogP contribution in [0.4, 0.5) is 0 Å². The van der Waals surface area contributed by atoms with Gasteiger partial charge in [-0.25, -0.2) is 0 Å². The van der Waals surface area contributed by atoms with Crippen molar-refractivity contribution >= 4 is 17.6 Å². The van der Waals surface area contributed by atoms with Crippen LogP contribution in [0.15, 0.2) is 42.7 Å². The lowest BCUT2D eigenvalue weighted by atomic mass is 10.1. The highest BCUT2D eigenvalue weighted by atomic mass is 35.5. The molecule has 1 fully saturated rings. The Bertz CT molecular complexity index is 709. The van der Waals surface area contributed by atoms with Crippen LogP contribution in [0, 0.1) is 0 Å². The van der Waals surface area contributed by atoms with Gasteiger partial charge in [0.25, 0.3) is 0 Å². The first-order chi connectivity index (χ1) is 11.6. The molecule has 1 saturated heterocycles. The Labute approximate surface area is 145 Å². The molecule has 0 aliphatic carbocycles. The minimum Gasteiger partial charge on any atom is -0.489 e. The van der Waals surface area contributed by atoms with Crippen molar-refractivity contribution in [2.75, 3.05) is 6.54 Å². The molecule has 0 saturated carbocycles. The van der Waals surface area contributed by atoms with E-state index in [2.05, 4.69) is 4.98 Å². The molecule has 0 amide bonds. The highest BCUT2D eigenvalue weighted by Crippen LogP contribution is 2.28. The molecule has 1 aromatic heterocycles. The summed E-state index contributed by atoms with van der Waals surface area (Å²) < 4.78 is 5.91. The van der Waals surface area contributed by atoms with Crippen molar-refractivity contribution in [1.29, 1.82) is 0 Å². The molecule has 0 bridgehead atoms. The number of aliphatic carboxylic acids is 1. The summed E-state index contributed by atoms with van der Waals surface area (Å²) in [4.78, 5) is 17.4. The van der Waals surface area contributed by atoms with Crippen LogP contribution in [-0.2, 0) is 17.9 Å². The Hall–Kier alpha value is -2.11. The minimum absolute atomic E-state index is 0.408. The number of carboxylic acid groups (broad SMARTS) is 1. The van der Waals surface area contributed by atoms with Crippen LogP contribution in [0.5, 0.6) is 5.75 Å². The van der Waals surface area contributed by atoms with Crippen molar-refractivity contribution in [2.45, 2.75) is 32.0 Å². The fourth-order valence-electron chi connectivity index (χ4n) is 2.97. The maximum atomic E-state index is 11.4. The van der Waals surface area contributed by atoms with Gasteiger partial charge in [0.1, 0.15) is 18.4 Å². The van der Waals surface area contributed by atoms with Crippen LogP contribution in [0.3, 0.4) is 0 Å². The molecule has 1 N–H and O–H groups in total. The predicted octanol–water partition coefficient (Wildman–Crippen LogP) is 3.36. The van der Waals surface area contributed by atoms with Gasteiger partial charge >= 0.3 is 5.97 Å². The summed E-state index contributed by atoms with van der Waals surface area (Å²) in [7, 11) is 0. The molecule has 0 spiro atoms. The molecule has 1 aliphatic heterocycles. The van der Waals surface area contributed by atoms with Gasteiger partial charge in [0.2, 0.25) is 0 Å². The number of halogens is 1. The van der Waals surface area contributed by atoms with Crippen LogP contribution < -0.4 is 4.74 Å². The van der Waals surface area contributed by atoms with Crippen molar-refractivity contribution in [2.24, 2.45) is 0 Å². The zero-order valence-corrected chi connectivity index (χ0v) is 13.9. The molecule has 24 heavy (non-hydrogen) atoms. The summed E-state index contributed by atoms with van der Waals surface area (Å²) in [6.07, 6.45) is 5.05. The molecule has 6 heteroatoms. The second kappa shape index (κ2) is 7.64. The van der Waals surface area contributed by atoms with Gasteiger partial charge in [-0.15, -0.1) is 0 Å². The van der Waals surface area contributed by atoms with Crippen LogP contribution in [0.2, 0.25) is 5.02 Å². The van der Waals surface area contributed by atoms with Gasteiger partial charge in [-0.2, -0.15) is 0 Å². The largest absolute Gasteiger partial charge is 0.489 e. The zero-order chi connectivity index (χ0) is 16.9. The molecule has 2 aromatic rings. The van der Waals surface area contributed by atoms with Crippen molar-refractivity contribution < 1.29 is 14.6 Å². The fraction of sp³-hybridized carbons (Fsp3) is 0.333. The number of pyridine rings is 1. The van der Waals surface area contributed by atoms with Gasteiger partial charge in [-0.3, -0.25) is 14.7 Å². The highest BCUT2D eigenvalue weighted by molar-refractivity contribution is 6.30. The van der Waals surface area contributed by atoms with E-state index in [-0.39, 0.29) is 0 Å². The number of hydrogen-bond acceptors (Lipinski definition) is 4. The van der Waals surface area contributed by atoms with Crippen LogP contribution in [0.25, 0.3) is 0 Å². The monoisotopic (exact) mass is 346 g/mol. The zero-order valence-electron chi connectivity index (χ0n) is 13.2. The normalized spacial score (nSPS) is 17.8. The topological polar surface area (TPSA) is 62.7 Å². The van der Waals surface area contributed by atoms with E-state index in [1.165, 1.54) is 0 Å². The summed E-state index contributed by atoms with van der Waals surface area (Å²) in [5, 5.41) is 9.95. The number of carboxylic acids is 1. The number of carbonyl (C=O) groups is 1. The summed E-state index contributed by atoms with van der Waals surface area (Å²) in [6, 6.07) is 8.84. The third kappa shape index (κ3) is 4.04. The SMILES string of the molecule is O=C(O)[C@@H]1CCCN1Cc1cc(Cl)ccc1OCc1cccnc1. The average molecular weight is 347 g/mol. The van der Waals surface area contributed by atoms with Gasteiger partial charge in [0, 0.05) is 35.1 Å². The summed E-state index contributed by atoms with van der Waals surface area (Å²) >= 11 is 6.12. The first kappa shape index (κ1) is 16.7. The Balaban J connectivity index is 1.74. The molecule has 5 nitrogen and oxygen atoms in total. The van der Waals surface area contributed by atoms with Gasteiger partial charge in [-0.1, -0.05) is 17.7 Å². The van der Waals surface area contributed by atoms with E-state index in [0.29, 0.717) is 24.6 Å². The first-order valence-corrected chi connectivity index (χ1v) is 8.28. The number of rotatable bonds is 6. The van der Waals surface area contributed by atoms with Crippen molar-refractivity contribution in [3.63, 3.8) is 0 Å². The van der Waals surface area contributed by atoms with Crippen LogP contribution >= 0.6 is 11.6 Å². The van der Waals surface area contributed by atoms with E-state index in [1.54, 1.807) is 18.5 Å². The Morgan fingerprint density at radius 2 is 2.29 bits per heavy atom. The van der Waals surface area contributed by atoms with Gasteiger partial charge in [-0.05, 0) is 43.7 Å². The number of ether oxygens (including phenoxy) is 1. The van der Waals surface area contributed by atoms with Gasteiger partial charge in [0.05, 0.1) is 0 Å². The quantitative estimate of drug-likeness (QED) is 0.869. The highest BCUT2D eigenvalue weighted by Gasteiger charge is 2.30. The smallest absolute Gasteiger partial charge is 0.320 e. The van der Waals surface area contributed by atoms with Gasteiger partial charge in [0.15, 0.2) is 0 Å². The van der Waals surface area contributed by atoms with Crippen molar-refractivity contribution in [3.05, 3.63) is 58.9 Å². The third-order valence-electron chi connectivity index (χ3n) is 4.16. The second-order valence-electron chi connectivity index (χ2n) is 5.87. The summed E-state index contributed by atoms with van der Waals surface area (Å²) in [5.41, 5.74) is 1.88. The molecule has 126 valence electrons. The number of benzene rings is 1. The van der Waals surface area contributed by atoms with E-state index in [1.807, 2.05) is 29.2 Å². The number of likely N-dealkylation sites (tertiary alicyclic amines) is 1. The van der Waals surface area contributed by atoms with Crippen molar-refractivity contribution in [1.82, 2.24) is 9.88 Å². The molecule has 1 aromatic carbocycles. The second-order valence-corrected chi connectivity index (χ2v) is 6.31. The van der Waals surface area contributed by atoms with Crippen LogP contribution in [0.1, 0.15) is 24.0 Å². The number of hydrogen-bond donors (Lipinski definition) is 1. The maximum absolute atomic E-state index is 11.4. The third-order valence-corrected chi connectivity index (χ3v) is 4.40. The lowest BCUT2D eigenvalue weighted by Gasteiger charge is -2.22. The average Bonchev–Trinajstić information content (AvgIpc) is 3.03. The van der Waals surface area contributed by atoms with Crippen LogP contribution in [-0.4, -0.2) is 33.5 Å². The summed E-state index contributed by atoms with van der Waals surface area (Å²) in [5.74, 6) is -0.0494. The Morgan fingerprint density at radius 3 is 3.04 bits per heavy atom. The fourth-order valence-corrected chi connectivity index (χ4v) is 3.17. The lowest BCUT2D eigenvalue weighted by molar-refractivity contribution is -0.142. The predicted molar refractivity (Wildman–Crippen MR) is 91.1 cm³/mol. The minimum atomic E-state index is -0.771. The van der Waals surface area contributed by atoms with E-state index < -0.39 is 12.0 Å².